The molecule has 0 radical (unpaired) electrons. The van der Waals surface area contributed by atoms with E-state index in [9.17, 15) is 19.3 Å². The van der Waals surface area contributed by atoms with Crippen LogP contribution >= 0.6 is 0 Å². The molecule has 1 amide bonds. The van der Waals surface area contributed by atoms with Crippen LogP contribution in [0.3, 0.4) is 0 Å². The molecule has 2 rings (SSSR count). The maximum Gasteiger partial charge on any atom is 0.285 e. The predicted octanol–water partition coefficient (Wildman–Crippen LogP) is 1.30. The Kier molecular flexibility index (Phi) is 3.75. The van der Waals surface area contributed by atoms with Gasteiger partial charge in [-0.15, -0.1) is 0 Å². The lowest BCUT2D eigenvalue weighted by molar-refractivity contribution is -0.385. The topological polar surface area (TPSA) is 89.5 Å². The van der Waals surface area contributed by atoms with Crippen LogP contribution in [0.1, 0.15) is 23.2 Å². The molecular formula is C12H14FN3O3. The van der Waals surface area contributed by atoms with Gasteiger partial charge in [0.15, 0.2) is 0 Å². The summed E-state index contributed by atoms with van der Waals surface area (Å²) in [6, 6.07) is 2.87. The van der Waals surface area contributed by atoms with Gasteiger partial charge in [-0.1, -0.05) is 0 Å². The van der Waals surface area contributed by atoms with Crippen molar-refractivity contribution in [3.8, 4) is 0 Å². The van der Waals surface area contributed by atoms with Crippen molar-refractivity contribution >= 4 is 11.6 Å². The smallest absolute Gasteiger partial charge is 0.285 e. The van der Waals surface area contributed by atoms with E-state index in [1.807, 2.05) is 0 Å². The number of hydrogen-bond donors (Lipinski definition) is 1. The molecule has 1 aromatic rings. The summed E-state index contributed by atoms with van der Waals surface area (Å²) in [5.41, 5.74) is 4.98. The minimum Gasteiger partial charge on any atom is -0.334 e. The average Bonchev–Trinajstić information content (AvgIpc) is 2.86. The Hall–Kier alpha value is -2.02. The Balaban J connectivity index is 2.36. The highest BCUT2D eigenvalue weighted by atomic mass is 19.1. The van der Waals surface area contributed by atoms with Gasteiger partial charge in [-0.3, -0.25) is 14.9 Å². The second kappa shape index (κ2) is 5.31. The zero-order valence-electron chi connectivity index (χ0n) is 10.2. The van der Waals surface area contributed by atoms with Crippen molar-refractivity contribution in [3.05, 3.63) is 39.7 Å². The zero-order valence-corrected chi connectivity index (χ0v) is 10.2. The molecular weight excluding hydrogens is 253 g/mol. The van der Waals surface area contributed by atoms with Crippen molar-refractivity contribution in [2.45, 2.75) is 18.9 Å². The summed E-state index contributed by atoms with van der Waals surface area (Å²) in [5.74, 6) is -1.19. The molecule has 0 spiro atoms. The molecule has 7 heteroatoms. The van der Waals surface area contributed by atoms with Crippen LogP contribution in [0.4, 0.5) is 10.1 Å². The van der Waals surface area contributed by atoms with E-state index < -0.39 is 22.3 Å². The standard InChI is InChI=1S/C12H14FN3O3/c13-8-3-4-10(11(6-8)16(18)19)12(17)15-5-1-2-9(15)7-14/h3-4,6,9H,1-2,5,7,14H2. The molecule has 19 heavy (non-hydrogen) atoms. The first-order chi connectivity index (χ1) is 9.04. The number of nitrogens with zero attached hydrogens (tertiary/aromatic N) is 2. The lowest BCUT2D eigenvalue weighted by Crippen LogP contribution is -2.40. The Bertz CT molecular complexity index is 521. The van der Waals surface area contributed by atoms with Gasteiger partial charge in [0.2, 0.25) is 0 Å². The molecule has 0 bridgehead atoms. The quantitative estimate of drug-likeness (QED) is 0.660. The number of hydrogen-bond acceptors (Lipinski definition) is 4. The largest absolute Gasteiger partial charge is 0.334 e. The maximum atomic E-state index is 13.0. The third-order valence-electron chi connectivity index (χ3n) is 3.30. The van der Waals surface area contributed by atoms with Gasteiger partial charge < -0.3 is 10.6 Å². The Morgan fingerprint density at radius 1 is 1.58 bits per heavy atom. The lowest BCUT2D eigenvalue weighted by atomic mass is 10.1. The highest BCUT2D eigenvalue weighted by Gasteiger charge is 2.32. The number of nitro groups is 1. The highest BCUT2D eigenvalue weighted by molar-refractivity contribution is 5.98. The fourth-order valence-electron chi connectivity index (χ4n) is 2.34. The van der Waals surface area contributed by atoms with Gasteiger partial charge in [0.1, 0.15) is 11.4 Å². The molecule has 1 unspecified atom stereocenters. The first-order valence-corrected chi connectivity index (χ1v) is 5.99. The fourth-order valence-corrected chi connectivity index (χ4v) is 2.34. The van der Waals surface area contributed by atoms with E-state index in [2.05, 4.69) is 0 Å². The molecule has 1 aromatic carbocycles. The third-order valence-corrected chi connectivity index (χ3v) is 3.30. The summed E-state index contributed by atoms with van der Waals surface area (Å²) in [7, 11) is 0. The van der Waals surface area contributed by atoms with Gasteiger partial charge in [-0.25, -0.2) is 4.39 Å². The van der Waals surface area contributed by atoms with Crippen LogP contribution in [-0.4, -0.2) is 34.9 Å². The average molecular weight is 267 g/mol. The maximum absolute atomic E-state index is 13.0. The molecule has 0 aliphatic carbocycles. The van der Waals surface area contributed by atoms with Crippen molar-refractivity contribution in [3.63, 3.8) is 0 Å². The molecule has 1 atom stereocenters. The van der Waals surface area contributed by atoms with Crippen LogP contribution in [0, 0.1) is 15.9 Å². The van der Waals surface area contributed by atoms with Crippen molar-refractivity contribution in [2.24, 2.45) is 5.73 Å². The number of benzene rings is 1. The summed E-state index contributed by atoms with van der Waals surface area (Å²) < 4.78 is 13.0. The van der Waals surface area contributed by atoms with Gasteiger partial charge >= 0.3 is 0 Å². The SMILES string of the molecule is NCC1CCCN1C(=O)c1ccc(F)cc1[N+](=O)[O-]. The lowest BCUT2D eigenvalue weighted by Gasteiger charge is -2.23. The van der Waals surface area contributed by atoms with Gasteiger partial charge in [-0.2, -0.15) is 0 Å². The van der Waals surface area contributed by atoms with E-state index in [1.165, 1.54) is 4.90 Å². The molecule has 1 saturated heterocycles. The van der Waals surface area contributed by atoms with E-state index in [4.69, 9.17) is 5.73 Å². The second-order valence-electron chi connectivity index (χ2n) is 4.45. The molecule has 1 aliphatic heterocycles. The molecule has 0 aromatic heterocycles. The summed E-state index contributed by atoms with van der Waals surface area (Å²) in [5, 5.41) is 10.9. The number of likely N-dealkylation sites (tertiary alicyclic amines) is 1. The predicted molar refractivity (Wildman–Crippen MR) is 66.2 cm³/mol. The summed E-state index contributed by atoms with van der Waals surface area (Å²) in [6.07, 6.45) is 1.61. The number of nitro benzene ring substituents is 1. The molecule has 1 aliphatic rings. The van der Waals surface area contributed by atoms with E-state index in [0.29, 0.717) is 13.1 Å². The fraction of sp³-hybridized carbons (Fsp3) is 0.417. The minimum absolute atomic E-state index is 0.0910. The van der Waals surface area contributed by atoms with Gasteiger partial charge in [0, 0.05) is 19.1 Å². The molecule has 1 heterocycles. The Morgan fingerprint density at radius 3 is 2.95 bits per heavy atom. The van der Waals surface area contributed by atoms with E-state index >= 15 is 0 Å². The minimum atomic E-state index is -0.746. The Morgan fingerprint density at radius 2 is 2.32 bits per heavy atom. The first kappa shape index (κ1) is 13.4. The first-order valence-electron chi connectivity index (χ1n) is 5.99. The summed E-state index contributed by atoms with van der Waals surface area (Å²) >= 11 is 0. The van der Waals surface area contributed by atoms with Gasteiger partial charge in [0.05, 0.1) is 11.0 Å². The highest BCUT2D eigenvalue weighted by Crippen LogP contribution is 2.25. The monoisotopic (exact) mass is 267 g/mol. The van der Waals surface area contributed by atoms with Crippen molar-refractivity contribution in [1.29, 1.82) is 0 Å². The number of nitrogens with two attached hydrogens (primary N) is 1. The van der Waals surface area contributed by atoms with Crippen molar-refractivity contribution in [2.75, 3.05) is 13.1 Å². The number of carbonyl (C=O) groups is 1. The van der Waals surface area contributed by atoms with E-state index in [1.54, 1.807) is 0 Å². The second-order valence-corrected chi connectivity index (χ2v) is 4.45. The number of amides is 1. The molecule has 2 N–H and O–H groups in total. The normalized spacial score (nSPS) is 18.6. The Labute approximate surface area is 109 Å². The summed E-state index contributed by atoms with van der Waals surface area (Å²) in [6.45, 7) is 0.843. The number of carbonyl (C=O) groups excluding carboxylic acids is 1. The number of rotatable bonds is 3. The zero-order chi connectivity index (χ0) is 14.0. The summed E-state index contributed by atoms with van der Waals surface area (Å²) in [4.78, 5) is 24.0. The van der Waals surface area contributed by atoms with Gasteiger partial charge in [0.25, 0.3) is 11.6 Å². The van der Waals surface area contributed by atoms with Crippen LogP contribution in [0.5, 0.6) is 0 Å². The molecule has 102 valence electrons. The van der Waals surface area contributed by atoms with Crippen molar-refractivity contribution in [1.82, 2.24) is 4.90 Å². The van der Waals surface area contributed by atoms with Crippen LogP contribution < -0.4 is 5.73 Å². The molecule has 1 fully saturated rings. The van der Waals surface area contributed by atoms with Crippen LogP contribution in [0.2, 0.25) is 0 Å². The van der Waals surface area contributed by atoms with Crippen LogP contribution in [-0.2, 0) is 0 Å². The van der Waals surface area contributed by atoms with Crippen LogP contribution in [0.15, 0.2) is 18.2 Å². The number of halogens is 1. The third kappa shape index (κ3) is 2.55. The van der Waals surface area contributed by atoms with Gasteiger partial charge in [-0.05, 0) is 25.0 Å². The van der Waals surface area contributed by atoms with Crippen LogP contribution in [0.25, 0.3) is 0 Å². The molecule has 0 saturated carbocycles. The van der Waals surface area contributed by atoms with Crippen molar-refractivity contribution < 1.29 is 14.1 Å². The van der Waals surface area contributed by atoms with E-state index in [0.717, 1.165) is 31.0 Å². The van der Waals surface area contributed by atoms with E-state index in [-0.39, 0.29) is 11.6 Å². The molecule has 6 nitrogen and oxygen atoms in total.